The number of thiazole rings is 1. The van der Waals surface area contributed by atoms with E-state index in [0.717, 1.165) is 4.88 Å². The topological polar surface area (TPSA) is 80.3 Å². The van der Waals surface area contributed by atoms with E-state index in [0.29, 0.717) is 24.0 Å². The molecule has 0 aliphatic heterocycles. The minimum Gasteiger partial charge on any atom is -0.461 e. The Kier molecular flexibility index (Phi) is 5.57. The Morgan fingerprint density at radius 2 is 2.11 bits per heavy atom. The Morgan fingerprint density at radius 1 is 1.39 bits per heavy atom. The van der Waals surface area contributed by atoms with Crippen molar-refractivity contribution >= 4 is 28.3 Å². The molecule has 0 saturated carbocycles. The van der Waals surface area contributed by atoms with Crippen LogP contribution in [0.3, 0.4) is 0 Å². The van der Waals surface area contributed by atoms with E-state index < -0.39 is 5.97 Å². The molecule has 0 bridgehead atoms. The van der Waals surface area contributed by atoms with Crippen LogP contribution in [0.15, 0.2) is 0 Å². The van der Waals surface area contributed by atoms with Gasteiger partial charge in [-0.05, 0) is 20.8 Å². The van der Waals surface area contributed by atoms with Gasteiger partial charge < -0.3 is 15.4 Å². The minimum atomic E-state index is -0.433. The number of rotatable bonds is 6. The Labute approximate surface area is 110 Å². The van der Waals surface area contributed by atoms with Gasteiger partial charge in [0.15, 0.2) is 10.8 Å². The van der Waals surface area contributed by atoms with Crippen molar-refractivity contribution in [2.45, 2.75) is 20.8 Å². The van der Waals surface area contributed by atoms with E-state index in [9.17, 15) is 9.59 Å². The predicted molar refractivity (Wildman–Crippen MR) is 70.0 cm³/mol. The van der Waals surface area contributed by atoms with Gasteiger partial charge in [-0.15, -0.1) is 11.3 Å². The smallest absolute Gasteiger partial charge is 0.358 e. The number of likely N-dealkylation sites (N-methyl/N-ethyl adjacent to an activating group) is 1. The summed E-state index contributed by atoms with van der Waals surface area (Å²) in [6.07, 6.45) is 0. The van der Waals surface area contributed by atoms with E-state index in [2.05, 4.69) is 15.6 Å². The molecule has 1 rings (SSSR count). The summed E-state index contributed by atoms with van der Waals surface area (Å²) in [6.45, 7) is 6.44. The standard InChI is InChI=1S/C11H17N3O3S/c1-4-12-8(15)6-13-11-14-9(7(3)18-11)10(16)17-5-2/h4-6H2,1-3H3,(H,12,15)(H,13,14). The number of nitrogens with zero attached hydrogens (tertiary/aromatic N) is 1. The van der Waals surface area contributed by atoms with E-state index in [1.165, 1.54) is 11.3 Å². The van der Waals surface area contributed by atoms with E-state index in [1.54, 1.807) is 13.8 Å². The lowest BCUT2D eigenvalue weighted by molar-refractivity contribution is -0.119. The highest BCUT2D eigenvalue weighted by molar-refractivity contribution is 7.15. The molecular formula is C11H17N3O3S. The molecular weight excluding hydrogens is 254 g/mol. The molecule has 1 amide bonds. The Bertz CT molecular complexity index is 431. The molecule has 1 heterocycles. The summed E-state index contributed by atoms with van der Waals surface area (Å²) >= 11 is 1.33. The number of aromatic nitrogens is 1. The number of amides is 1. The van der Waals surface area contributed by atoms with Gasteiger partial charge in [0, 0.05) is 11.4 Å². The van der Waals surface area contributed by atoms with Crippen molar-refractivity contribution in [1.82, 2.24) is 10.3 Å². The number of aryl methyl sites for hydroxylation is 1. The number of anilines is 1. The molecule has 2 N–H and O–H groups in total. The van der Waals surface area contributed by atoms with Crippen LogP contribution in [0.1, 0.15) is 29.2 Å². The van der Waals surface area contributed by atoms with Crippen LogP contribution in [-0.2, 0) is 9.53 Å². The molecule has 0 radical (unpaired) electrons. The fourth-order valence-corrected chi connectivity index (χ4v) is 2.07. The summed E-state index contributed by atoms with van der Waals surface area (Å²) < 4.78 is 4.88. The molecule has 0 aliphatic rings. The third-order valence-electron chi connectivity index (χ3n) is 2.04. The summed E-state index contributed by atoms with van der Waals surface area (Å²) in [5.41, 5.74) is 0.306. The lowest BCUT2D eigenvalue weighted by Crippen LogP contribution is -2.29. The average Bonchev–Trinajstić information content (AvgIpc) is 2.69. The molecule has 0 saturated heterocycles. The van der Waals surface area contributed by atoms with E-state index in [4.69, 9.17) is 4.74 Å². The number of nitrogens with one attached hydrogen (secondary N) is 2. The fraction of sp³-hybridized carbons (Fsp3) is 0.545. The number of hydrogen-bond donors (Lipinski definition) is 2. The summed E-state index contributed by atoms with van der Waals surface area (Å²) in [6, 6.07) is 0. The fourth-order valence-electron chi connectivity index (χ4n) is 1.28. The number of ether oxygens (including phenoxy) is 1. The number of hydrogen-bond acceptors (Lipinski definition) is 6. The van der Waals surface area contributed by atoms with Crippen LogP contribution in [0.4, 0.5) is 5.13 Å². The van der Waals surface area contributed by atoms with Crippen LogP contribution in [0, 0.1) is 6.92 Å². The first kappa shape index (κ1) is 14.4. The van der Waals surface area contributed by atoms with E-state index in [1.807, 2.05) is 6.92 Å². The highest BCUT2D eigenvalue weighted by atomic mass is 32.1. The maximum absolute atomic E-state index is 11.5. The van der Waals surface area contributed by atoms with Gasteiger partial charge in [0.1, 0.15) is 0 Å². The van der Waals surface area contributed by atoms with Crippen LogP contribution in [-0.4, -0.2) is 36.6 Å². The Morgan fingerprint density at radius 3 is 2.72 bits per heavy atom. The second-order valence-electron chi connectivity index (χ2n) is 3.45. The van der Waals surface area contributed by atoms with Crippen molar-refractivity contribution in [1.29, 1.82) is 0 Å². The molecule has 100 valence electrons. The van der Waals surface area contributed by atoms with Gasteiger partial charge in [0.25, 0.3) is 0 Å². The largest absolute Gasteiger partial charge is 0.461 e. The van der Waals surface area contributed by atoms with Crippen molar-refractivity contribution in [2.24, 2.45) is 0 Å². The zero-order chi connectivity index (χ0) is 13.5. The average molecular weight is 271 g/mol. The highest BCUT2D eigenvalue weighted by Gasteiger charge is 2.16. The second-order valence-corrected chi connectivity index (χ2v) is 4.65. The monoisotopic (exact) mass is 271 g/mol. The van der Waals surface area contributed by atoms with E-state index in [-0.39, 0.29) is 12.5 Å². The summed E-state index contributed by atoms with van der Waals surface area (Å²) in [7, 11) is 0. The molecule has 6 nitrogen and oxygen atoms in total. The maximum atomic E-state index is 11.5. The zero-order valence-electron chi connectivity index (χ0n) is 10.7. The molecule has 1 aromatic heterocycles. The second kappa shape index (κ2) is 6.95. The van der Waals surface area contributed by atoms with Crippen LogP contribution in [0.5, 0.6) is 0 Å². The van der Waals surface area contributed by atoms with Gasteiger partial charge in [-0.25, -0.2) is 9.78 Å². The van der Waals surface area contributed by atoms with E-state index >= 15 is 0 Å². The first-order valence-corrected chi connectivity index (χ1v) is 6.55. The summed E-state index contributed by atoms with van der Waals surface area (Å²) in [5.74, 6) is -0.541. The van der Waals surface area contributed by atoms with Gasteiger partial charge in [-0.3, -0.25) is 4.79 Å². The van der Waals surface area contributed by atoms with Crippen molar-refractivity contribution in [3.8, 4) is 0 Å². The lowest BCUT2D eigenvalue weighted by atomic mass is 10.4. The van der Waals surface area contributed by atoms with Crippen LogP contribution in [0.25, 0.3) is 0 Å². The van der Waals surface area contributed by atoms with Gasteiger partial charge in [-0.2, -0.15) is 0 Å². The molecule has 18 heavy (non-hydrogen) atoms. The zero-order valence-corrected chi connectivity index (χ0v) is 11.5. The highest BCUT2D eigenvalue weighted by Crippen LogP contribution is 2.22. The van der Waals surface area contributed by atoms with Crippen molar-refractivity contribution in [2.75, 3.05) is 25.0 Å². The molecule has 0 aliphatic carbocycles. The number of carbonyl (C=O) groups excluding carboxylic acids is 2. The van der Waals surface area contributed by atoms with Crippen LogP contribution in [0.2, 0.25) is 0 Å². The Balaban J connectivity index is 2.61. The van der Waals surface area contributed by atoms with Gasteiger partial charge in [-0.1, -0.05) is 0 Å². The molecule has 7 heteroatoms. The lowest BCUT2D eigenvalue weighted by Gasteiger charge is -2.02. The Hall–Kier alpha value is -1.63. The van der Waals surface area contributed by atoms with Crippen molar-refractivity contribution < 1.29 is 14.3 Å². The third-order valence-corrected chi connectivity index (χ3v) is 2.97. The normalized spacial score (nSPS) is 9.94. The molecule has 1 aromatic rings. The van der Waals surface area contributed by atoms with Gasteiger partial charge in [0.05, 0.1) is 13.2 Å². The molecule has 0 fully saturated rings. The summed E-state index contributed by atoms with van der Waals surface area (Å²) in [5, 5.41) is 6.08. The van der Waals surface area contributed by atoms with Crippen molar-refractivity contribution in [3.63, 3.8) is 0 Å². The maximum Gasteiger partial charge on any atom is 0.358 e. The SMILES string of the molecule is CCNC(=O)CNc1nc(C(=O)OCC)c(C)s1. The van der Waals surface area contributed by atoms with Gasteiger partial charge in [0.2, 0.25) is 5.91 Å². The first-order valence-electron chi connectivity index (χ1n) is 5.73. The van der Waals surface area contributed by atoms with Crippen molar-refractivity contribution in [3.05, 3.63) is 10.6 Å². The van der Waals surface area contributed by atoms with Crippen LogP contribution >= 0.6 is 11.3 Å². The minimum absolute atomic E-state index is 0.108. The first-order chi connectivity index (χ1) is 8.58. The predicted octanol–water partition coefficient (Wildman–Crippen LogP) is 1.18. The van der Waals surface area contributed by atoms with Gasteiger partial charge >= 0.3 is 5.97 Å². The molecule has 0 spiro atoms. The summed E-state index contributed by atoms with van der Waals surface area (Å²) in [4.78, 5) is 27.7. The third kappa shape index (κ3) is 3.99. The van der Waals surface area contributed by atoms with Crippen LogP contribution < -0.4 is 10.6 Å². The number of carbonyl (C=O) groups is 2. The molecule has 0 unspecified atom stereocenters. The number of esters is 1. The quantitative estimate of drug-likeness (QED) is 0.759. The molecule has 0 aromatic carbocycles. The molecule has 0 atom stereocenters.